The van der Waals surface area contributed by atoms with Crippen LogP contribution in [0, 0.1) is 0 Å². The van der Waals surface area contributed by atoms with E-state index in [9.17, 15) is 0 Å². The van der Waals surface area contributed by atoms with Crippen LogP contribution in [-0.4, -0.2) is 61.5 Å². The Bertz CT molecular complexity index is 581. The average molecular weight is 521 g/mol. The van der Waals surface area contributed by atoms with Gasteiger partial charge in [-0.25, -0.2) is 0 Å². The third-order valence-corrected chi connectivity index (χ3v) is 5.42. The molecule has 0 atom stereocenters. The van der Waals surface area contributed by atoms with Crippen LogP contribution in [0.1, 0.15) is 70.8 Å². The number of guanidine groups is 1. The van der Waals surface area contributed by atoms with Gasteiger partial charge in [-0.1, -0.05) is 19.0 Å². The number of piperidine rings is 1. The number of likely N-dealkylation sites (tertiary alicyclic amines) is 1. The smallest absolute Gasteiger partial charge is 0.191 e. The van der Waals surface area contributed by atoms with Crippen molar-refractivity contribution in [1.29, 1.82) is 0 Å². The molecule has 0 aromatic carbocycles. The predicted molar refractivity (Wildman–Crippen MR) is 129 cm³/mol. The zero-order valence-electron chi connectivity index (χ0n) is 18.7. The molecule has 2 heterocycles. The minimum atomic E-state index is 0. The maximum absolute atomic E-state index is 5.66. The number of halogens is 1. The summed E-state index contributed by atoms with van der Waals surface area (Å²) in [4.78, 5) is 6.84. The molecule has 0 amide bonds. The summed E-state index contributed by atoms with van der Waals surface area (Å²) in [6.45, 7) is 13.2. The lowest BCUT2D eigenvalue weighted by atomic mass is 9.99. The number of nitrogens with one attached hydrogen (secondary N) is 2. The lowest BCUT2D eigenvalue weighted by Gasteiger charge is -2.33. The standard InChI is InChI=1S/C21H39N5O2.HI/c1-6-17(7-2)20-14-19(28-25-20)15-23-21(22-5)24-18-8-10-26(11-9-18)12-13-27-16(3)4;/h14,16-18H,6-13,15H2,1-5H3,(H2,22,23,24);1H. The zero-order valence-corrected chi connectivity index (χ0v) is 21.1. The quantitative estimate of drug-likeness (QED) is 0.278. The van der Waals surface area contributed by atoms with Crippen molar-refractivity contribution >= 4 is 29.9 Å². The van der Waals surface area contributed by atoms with Gasteiger partial charge < -0.3 is 24.8 Å². The Labute approximate surface area is 193 Å². The molecule has 1 aromatic heterocycles. The molecule has 1 fully saturated rings. The first-order valence-electron chi connectivity index (χ1n) is 10.8. The number of aliphatic imine (C=N–C) groups is 1. The summed E-state index contributed by atoms with van der Waals surface area (Å²) in [5.41, 5.74) is 1.05. The first kappa shape index (κ1) is 26.2. The molecule has 2 rings (SSSR count). The molecule has 0 aliphatic carbocycles. The van der Waals surface area contributed by atoms with Gasteiger partial charge in [0.1, 0.15) is 0 Å². The van der Waals surface area contributed by atoms with E-state index in [1.807, 2.05) is 7.05 Å². The summed E-state index contributed by atoms with van der Waals surface area (Å²) in [5.74, 6) is 2.15. The van der Waals surface area contributed by atoms with E-state index in [1.165, 1.54) is 0 Å². The van der Waals surface area contributed by atoms with Crippen LogP contribution in [-0.2, 0) is 11.3 Å². The molecule has 0 saturated carbocycles. The average Bonchev–Trinajstić information content (AvgIpc) is 3.16. The van der Waals surface area contributed by atoms with Crippen molar-refractivity contribution in [2.45, 2.75) is 78.0 Å². The summed E-state index contributed by atoms with van der Waals surface area (Å²) in [6.07, 6.45) is 4.71. The monoisotopic (exact) mass is 521 g/mol. The SMILES string of the molecule is CCC(CC)c1cc(CNC(=NC)NC2CCN(CCOC(C)C)CC2)on1.I. The van der Waals surface area contributed by atoms with E-state index in [0.29, 0.717) is 24.6 Å². The first-order valence-corrected chi connectivity index (χ1v) is 10.8. The Hall–Kier alpha value is -0.870. The minimum Gasteiger partial charge on any atom is -0.377 e. The Morgan fingerprint density at radius 2 is 2.00 bits per heavy atom. The summed E-state index contributed by atoms with van der Waals surface area (Å²) in [6, 6.07) is 2.51. The number of ether oxygens (including phenoxy) is 1. The van der Waals surface area contributed by atoms with Crippen LogP contribution < -0.4 is 10.6 Å². The third kappa shape index (κ3) is 9.21. The van der Waals surface area contributed by atoms with Crippen molar-refractivity contribution in [2.24, 2.45) is 4.99 Å². The van der Waals surface area contributed by atoms with Crippen LogP contribution in [0.25, 0.3) is 0 Å². The highest BCUT2D eigenvalue weighted by molar-refractivity contribution is 14.0. The number of aromatic nitrogens is 1. The van der Waals surface area contributed by atoms with Gasteiger partial charge in [-0.05, 0) is 39.5 Å². The normalized spacial score (nSPS) is 16.3. The lowest BCUT2D eigenvalue weighted by molar-refractivity contribution is 0.0532. The molecule has 29 heavy (non-hydrogen) atoms. The molecule has 0 radical (unpaired) electrons. The summed E-state index contributed by atoms with van der Waals surface area (Å²) in [7, 11) is 1.81. The zero-order chi connectivity index (χ0) is 20.4. The minimum absolute atomic E-state index is 0. The van der Waals surface area contributed by atoms with Crippen LogP contribution in [0.3, 0.4) is 0 Å². The van der Waals surface area contributed by atoms with Crippen LogP contribution in [0.4, 0.5) is 0 Å². The Morgan fingerprint density at radius 3 is 2.59 bits per heavy atom. The third-order valence-electron chi connectivity index (χ3n) is 5.42. The fraction of sp³-hybridized carbons (Fsp3) is 0.810. The number of hydrogen-bond donors (Lipinski definition) is 2. The molecule has 0 bridgehead atoms. The number of nitrogens with zero attached hydrogens (tertiary/aromatic N) is 3. The lowest BCUT2D eigenvalue weighted by Crippen LogP contribution is -2.48. The highest BCUT2D eigenvalue weighted by Crippen LogP contribution is 2.22. The molecular weight excluding hydrogens is 481 g/mol. The van der Waals surface area contributed by atoms with E-state index in [1.54, 1.807) is 0 Å². The van der Waals surface area contributed by atoms with Gasteiger partial charge >= 0.3 is 0 Å². The Kier molecular flexibility index (Phi) is 12.8. The Balaban J connectivity index is 0.00000420. The van der Waals surface area contributed by atoms with Gasteiger partial charge in [-0.2, -0.15) is 0 Å². The molecule has 1 aromatic rings. The highest BCUT2D eigenvalue weighted by atomic mass is 127. The maximum Gasteiger partial charge on any atom is 0.191 e. The molecule has 1 aliphatic heterocycles. The second-order valence-corrected chi connectivity index (χ2v) is 7.84. The van der Waals surface area contributed by atoms with E-state index >= 15 is 0 Å². The van der Waals surface area contributed by atoms with Gasteiger partial charge in [0.2, 0.25) is 0 Å². The molecular formula is C21H40IN5O2. The van der Waals surface area contributed by atoms with E-state index in [0.717, 1.165) is 69.3 Å². The van der Waals surface area contributed by atoms with E-state index < -0.39 is 0 Å². The van der Waals surface area contributed by atoms with E-state index in [-0.39, 0.29) is 24.0 Å². The molecule has 1 aliphatic rings. The van der Waals surface area contributed by atoms with Gasteiger partial charge in [0.15, 0.2) is 11.7 Å². The van der Waals surface area contributed by atoms with Crippen molar-refractivity contribution in [3.8, 4) is 0 Å². The van der Waals surface area contributed by atoms with Crippen LogP contribution in [0.2, 0.25) is 0 Å². The van der Waals surface area contributed by atoms with Crippen molar-refractivity contribution in [3.05, 3.63) is 17.5 Å². The molecule has 1 saturated heterocycles. The topological polar surface area (TPSA) is 74.9 Å². The van der Waals surface area contributed by atoms with Gasteiger partial charge in [0, 0.05) is 44.7 Å². The fourth-order valence-electron chi connectivity index (χ4n) is 3.59. The summed E-state index contributed by atoms with van der Waals surface area (Å²) >= 11 is 0. The molecule has 0 unspecified atom stereocenters. The molecule has 7 nitrogen and oxygen atoms in total. The second kappa shape index (κ2) is 14.2. The fourth-order valence-corrected chi connectivity index (χ4v) is 3.59. The largest absolute Gasteiger partial charge is 0.377 e. The van der Waals surface area contributed by atoms with Gasteiger partial charge in [0.05, 0.1) is 24.9 Å². The van der Waals surface area contributed by atoms with Crippen molar-refractivity contribution < 1.29 is 9.26 Å². The van der Waals surface area contributed by atoms with Crippen molar-refractivity contribution in [2.75, 3.05) is 33.3 Å². The predicted octanol–water partition coefficient (Wildman–Crippen LogP) is 3.75. The summed E-state index contributed by atoms with van der Waals surface area (Å²) < 4.78 is 11.1. The van der Waals surface area contributed by atoms with Crippen LogP contribution in [0.15, 0.2) is 15.6 Å². The molecule has 2 N–H and O–H groups in total. The van der Waals surface area contributed by atoms with Gasteiger partial charge in [-0.15, -0.1) is 24.0 Å². The molecule has 0 spiro atoms. The first-order chi connectivity index (χ1) is 13.5. The molecule has 8 heteroatoms. The maximum atomic E-state index is 5.66. The second-order valence-electron chi connectivity index (χ2n) is 7.84. The van der Waals surface area contributed by atoms with Crippen LogP contribution in [0.5, 0.6) is 0 Å². The van der Waals surface area contributed by atoms with Crippen LogP contribution >= 0.6 is 24.0 Å². The molecule has 168 valence electrons. The van der Waals surface area contributed by atoms with Gasteiger partial charge in [-0.3, -0.25) is 4.99 Å². The Morgan fingerprint density at radius 1 is 1.31 bits per heavy atom. The highest BCUT2D eigenvalue weighted by Gasteiger charge is 2.20. The number of rotatable bonds is 10. The van der Waals surface area contributed by atoms with E-state index in [2.05, 4.69) is 59.4 Å². The van der Waals surface area contributed by atoms with E-state index in [4.69, 9.17) is 9.26 Å². The van der Waals surface area contributed by atoms with Gasteiger partial charge in [0.25, 0.3) is 0 Å². The van der Waals surface area contributed by atoms with Crippen molar-refractivity contribution in [1.82, 2.24) is 20.7 Å². The summed E-state index contributed by atoms with van der Waals surface area (Å²) in [5, 5.41) is 11.1. The van der Waals surface area contributed by atoms with Crippen molar-refractivity contribution in [3.63, 3.8) is 0 Å². The number of hydrogen-bond acceptors (Lipinski definition) is 5.